The van der Waals surface area contributed by atoms with Gasteiger partial charge in [0.15, 0.2) is 0 Å². The predicted octanol–water partition coefficient (Wildman–Crippen LogP) is 1.89. The Morgan fingerprint density at radius 1 is 1.67 bits per heavy atom. The Morgan fingerprint density at radius 2 is 2.27 bits per heavy atom. The molecule has 1 aliphatic carbocycles. The van der Waals surface area contributed by atoms with Crippen LogP contribution in [0.25, 0.3) is 0 Å². The summed E-state index contributed by atoms with van der Waals surface area (Å²) in [6.45, 7) is 2.08. The predicted molar refractivity (Wildman–Crippen MR) is 62.5 cm³/mol. The maximum Gasteiger partial charge on any atom is 0.243 e. The Bertz CT molecular complexity index is 281. The van der Waals surface area contributed by atoms with Crippen LogP contribution < -0.4 is 0 Å². The van der Waals surface area contributed by atoms with Crippen molar-refractivity contribution in [3.8, 4) is 6.07 Å². The number of carbonyl (C=O) groups excluding carboxylic acids is 1. The summed E-state index contributed by atoms with van der Waals surface area (Å²) in [5, 5.41) is 8.96. The first-order chi connectivity index (χ1) is 7.11. The zero-order valence-electron chi connectivity index (χ0n) is 9.62. The van der Waals surface area contributed by atoms with Gasteiger partial charge in [-0.25, -0.2) is 0 Å². The van der Waals surface area contributed by atoms with Crippen LogP contribution in [0.1, 0.15) is 26.2 Å². The van der Waals surface area contributed by atoms with Crippen molar-refractivity contribution in [3.05, 3.63) is 0 Å². The van der Waals surface area contributed by atoms with Crippen molar-refractivity contribution in [3.63, 3.8) is 0 Å². The van der Waals surface area contributed by atoms with E-state index in [0.717, 1.165) is 25.0 Å². The van der Waals surface area contributed by atoms with Crippen LogP contribution in [0.2, 0.25) is 0 Å². The molecule has 84 valence electrons. The first kappa shape index (κ1) is 12.4. The van der Waals surface area contributed by atoms with Gasteiger partial charge in [0.1, 0.15) is 5.41 Å². The van der Waals surface area contributed by atoms with Crippen LogP contribution in [-0.4, -0.2) is 35.9 Å². The minimum absolute atomic E-state index is 0.0194. The zero-order valence-corrected chi connectivity index (χ0v) is 10.4. The lowest BCUT2D eigenvalue weighted by Crippen LogP contribution is -2.42. The van der Waals surface area contributed by atoms with Crippen molar-refractivity contribution < 1.29 is 4.79 Å². The highest BCUT2D eigenvalue weighted by molar-refractivity contribution is 7.98. The first-order valence-corrected chi connectivity index (χ1v) is 6.68. The SMILES string of the molecule is CCC(CSC)N(C)C(=O)C1(C#N)CC1. The van der Waals surface area contributed by atoms with Gasteiger partial charge in [0.2, 0.25) is 5.91 Å². The molecule has 0 aromatic heterocycles. The Labute approximate surface area is 95.8 Å². The smallest absolute Gasteiger partial charge is 0.243 e. The van der Waals surface area contributed by atoms with Gasteiger partial charge in [-0.15, -0.1) is 0 Å². The summed E-state index contributed by atoms with van der Waals surface area (Å²) in [6.07, 6.45) is 4.47. The Hall–Kier alpha value is -0.690. The zero-order chi connectivity index (χ0) is 11.5. The third-order valence-corrected chi connectivity index (χ3v) is 3.79. The summed E-state index contributed by atoms with van der Waals surface area (Å²) >= 11 is 1.74. The Morgan fingerprint density at radius 3 is 2.60 bits per heavy atom. The quantitative estimate of drug-likeness (QED) is 0.719. The van der Waals surface area contributed by atoms with E-state index in [1.54, 1.807) is 16.7 Å². The number of thioether (sulfide) groups is 1. The molecule has 1 saturated carbocycles. The van der Waals surface area contributed by atoms with Crippen molar-refractivity contribution in [1.82, 2.24) is 4.90 Å². The van der Waals surface area contributed by atoms with Gasteiger partial charge in [0.05, 0.1) is 6.07 Å². The van der Waals surface area contributed by atoms with Gasteiger partial charge in [0.25, 0.3) is 0 Å². The Kier molecular flexibility index (Phi) is 4.04. The molecule has 0 aromatic rings. The molecule has 0 saturated heterocycles. The van der Waals surface area contributed by atoms with E-state index < -0.39 is 5.41 Å². The fourth-order valence-electron chi connectivity index (χ4n) is 1.70. The molecule has 0 N–H and O–H groups in total. The van der Waals surface area contributed by atoms with Gasteiger partial charge in [0, 0.05) is 18.8 Å². The number of hydrogen-bond donors (Lipinski definition) is 0. The molecular formula is C11H18N2OS. The van der Waals surface area contributed by atoms with Gasteiger partial charge in [-0.3, -0.25) is 4.79 Å². The first-order valence-electron chi connectivity index (χ1n) is 5.28. The van der Waals surface area contributed by atoms with E-state index in [9.17, 15) is 4.79 Å². The van der Waals surface area contributed by atoms with Crippen LogP contribution in [0.4, 0.5) is 0 Å². The Balaban J connectivity index is 2.63. The lowest BCUT2D eigenvalue weighted by molar-refractivity contribution is -0.135. The maximum absolute atomic E-state index is 12.0. The molecule has 3 nitrogen and oxygen atoms in total. The average Bonchev–Trinajstić information content (AvgIpc) is 3.04. The van der Waals surface area contributed by atoms with Crippen molar-refractivity contribution >= 4 is 17.7 Å². The molecule has 1 aliphatic rings. The number of hydrogen-bond acceptors (Lipinski definition) is 3. The van der Waals surface area contributed by atoms with E-state index in [1.165, 1.54) is 0 Å². The summed E-state index contributed by atoms with van der Waals surface area (Å²) in [5.74, 6) is 0.964. The highest BCUT2D eigenvalue weighted by Crippen LogP contribution is 2.46. The molecule has 0 aromatic carbocycles. The van der Waals surface area contributed by atoms with E-state index in [1.807, 2.05) is 13.3 Å². The molecule has 1 fully saturated rings. The largest absolute Gasteiger partial charge is 0.341 e. The topological polar surface area (TPSA) is 44.1 Å². The third-order valence-electron chi connectivity index (χ3n) is 3.07. The fourth-order valence-corrected chi connectivity index (χ4v) is 2.54. The summed E-state index contributed by atoms with van der Waals surface area (Å²) in [7, 11) is 1.82. The monoisotopic (exact) mass is 226 g/mol. The van der Waals surface area contributed by atoms with E-state index in [-0.39, 0.29) is 11.9 Å². The number of amides is 1. The molecule has 0 radical (unpaired) electrons. The second-order valence-corrected chi connectivity index (χ2v) is 5.04. The van der Waals surface area contributed by atoms with Crippen LogP contribution in [0.15, 0.2) is 0 Å². The fraction of sp³-hybridized carbons (Fsp3) is 0.818. The molecule has 0 bridgehead atoms. The van der Waals surface area contributed by atoms with Crippen molar-refractivity contribution in [2.75, 3.05) is 19.1 Å². The van der Waals surface area contributed by atoms with Crippen LogP contribution in [0.3, 0.4) is 0 Å². The van der Waals surface area contributed by atoms with Gasteiger partial charge >= 0.3 is 0 Å². The minimum Gasteiger partial charge on any atom is -0.341 e. The van der Waals surface area contributed by atoms with Gasteiger partial charge in [-0.1, -0.05) is 6.92 Å². The van der Waals surface area contributed by atoms with Gasteiger partial charge in [-0.2, -0.15) is 17.0 Å². The lowest BCUT2D eigenvalue weighted by atomic mass is 10.1. The average molecular weight is 226 g/mol. The summed E-state index contributed by atoms with van der Waals surface area (Å²) in [6, 6.07) is 2.42. The molecule has 15 heavy (non-hydrogen) atoms. The van der Waals surface area contributed by atoms with Crippen molar-refractivity contribution in [1.29, 1.82) is 5.26 Å². The van der Waals surface area contributed by atoms with Gasteiger partial charge < -0.3 is 4.90 Å². The molecule has 4 heteroatoms. The number of nitrogens with zero attached hydrogens (tertiary/aromatic N) is 2. The molecule has 0 spiro atoms. The van der Waals surface area contributed by atoms with E-state index in [0.29, 0.717) is 0 Å². The maximum atomic E-state index is 12.0. The number of carbonyl (C=O) groups is 1. The molecule has 0 heterocycles. The second-order valence-electron chi connectivity index (χ2n) is 4.13. The third kappa shape index (κ3) is 2.46. The van der Waals surface area contributed by atoms with Crippen LogP contribution in [-0.2, 0) is 4.79 Å². The van der Waals surface area contributed by atoms with Gasteiger partial charge in [-0.05, 0) is 25.5 Å². The highest BCUT2D eigenvalue weighted by atomic mass is 32.2. The molecular weight excluding hydrogens is 208 g/mol. The van der Waals surface area contributed by atoms with E-state index in [2.05, 4.69) is 13.0 Å². The second kappa shape index (κ2) is 4.89. The molecule has 1 rings (SSSR count). The lowest BCUT2D eigenvalue weighted by Gasteiger charge is -2.28. The molecule has 1 amide bonds. The molecule has 0 aliphatic heterocycles. The highest BCUT2D eigenvalue weighted by Gasteiger charge is 2.52. The van der Waals surface area contributed by atoms with Crippen LogP contribution >= 0.6 is 11.8 Å². The molecule has 1 atom stereocenters. The molecule has 1 unspecified atom stereocenters. The van der Waals surface area contributed by atoms with E-state index in [4.69, 9.17) is 5.26 Å². The van der Waals surface area contributed by atoms with Crippen molar-refractivity contribution in [2.45, 2.75) is 32.2 Å². The van der Waals surface area contributed by atoms with E-state index >= 15 is 0 Å². The summed E-state index contributed by atoms with van der Waals surface area (Å²) in [5.41, 5.74) is -0.666. The summed E-state index contributed by atoms with van der Waals surface area (Å²) < 4.78 is 0. The van der Waals surface area contributed by atoms with Crippen molar-refractivity contribution in [2.24, 2.45) is 5.41 Å². The minimum atomic E-state index is -0.666. The normalized spacial score (nSPS) is 19.1. The standard InChI is InChI=1S/C11H18N2OS/c1-4-9(7-15-3)13(2)10(14)11(8-12)5-6-11/h9H,4-7H2,1-3H3. The number of nitriles is 1. The van der Waals surface area contributed by atoms with Crippen LogP contribution in [0.5, 0.6) is 0 Å². The number of rotatable bonds is 5. The van der Waals surface area contributed by atoms with Crippen LogP contribution in [0, 0.1) is 16.7 Å². The summed E-state index contributed by atoms with van der Waals surface area (Å²) in [4.78, 5) is 13.8.